The molecule has 0 radical (unpaired) electrons. The van der Waals surface area contributed by atoms with E-state index >= 15 is 0 Å². The number of anilines is 1. The Morgan fingerprint density at radius 2 is 1.96 bits per heavy atom. The molecule has 0 atom stereocenters. The minimum Gasteiger partial charge on any atom is -0.397 e. The summed E-state index contributed by atoms with van der Waals surface area (Å²) in [5.74, 6) is -0.171. The smallest absolute Gasteiger partial charge is 0.263 e. The molecule has 0 aliphatic carbocycles. The third-order valence-corrected chi connectivity index (χ3v) is 6.50. The summed E-state index contributed by atoms with van der Waals surface area (Å²) in [4.78, 5) is 19.7. The lowest BCUT2D eigenvalue weighted by molar-refractivity contribution is 0.0948. The summed E-state index contributed by atoms with van der Waals surface area (Å²) >= 11 is 9.02. The lowest BCUT2D eigenvalue weighted by Gasteiger charge is -2.09. The standard InChI is InChI=1S/C21H18ClN3OS2/c1-11(2)24-20(26)19-18(23)17-14(12-5-7-13(22)8-6-12)10-15(25-21(17)28-19)16-4-3-9-27-16/h3-11H,23H2,1-2H3,(H,24,26). The Hall–Kier alpha value is -2.41. The molecule has 1 amide bonds. The van der Waals surface area contributed by atoms with Crippen molar-refractivity contribution < 1.29 is 4.79 Å². The molecule has 3 heterocycles. The molecule has 0 saturated carbocycles. The largest absolute Gasteiger partial charge is 0.397 e. The van der Waals surface area contributed by atoms with Gasteiger partial charge in [-0.25, -0.2) is 4.98 Å². The fourth-order valence-electron chi connectivity index (χ4n) is 3.03. The van der Waals surface area contributed by atoms with Crippen molar-refractivity contribution in [3.8, 4) is 21.7 Å². The second-order valence-corrected chi connectivity index (χ2v) is 9.08. The van der Waals surface area contributed by atoms with Crippen LogP contribution in [0.1, 0.15) is 23.5 Å². The van der Waals surface area contributed by atoms with Crippen molar-refractivity contribution >= 4 is 56.1 Å². The van der Waals surface area contributed by atoms with Gasteiger partial charge in [0.05, 0.1) is 16.3 Å². The molecule has 4 rings (SSSR count). The van der Waals surface area contributed by atoms with Gasteiger partial charge in [-0.15, -0.1) is 22.7 Å². The van der Waals surface area contributed by atoms with Gasteiger partial charge in [-0.3, -0.25) is 4.79 Å². The number of thiophene rings is 2. The SMILES string of the molecule is CC(C)NC(=O)c1sc2nc(-c3cccs3)cc(-c3ccc(Cl)cc3)c2c1N. The summed E-state index contributed by atoms with van der Waals surface area (Å²) in [5, 5.41) is 6.42. The number of carbonyl (C=O) groups excluding carboxylic acids is 1. The number of hydrogen-bond acceptors (Lipinski definition) is 5. The van der Waals surface area contributed by atoms with Crippen LogP contribution in [0.3, 0.4) is 0 Å². The van der Waals surface area contributed by atoms with E-state index in [1.54, 1.807) is 11.3 Å². The van der Waals surface area contributed by atoms with Crippen molar-refractivity contribution in [3.63, 3.8) is 0 Å². The molecule has 0 bridgehead atoms. The number of pyridine rings is 1. The Kier molecular flexibility index (Phi) is 5.10. The molecule has 3 N–H and O–H groups in total. The van der Waals surface area contributed by atoms with Crippen LogP contribution in [0.4, 0.5) is 5.69 Å². The van der Waals surface area contributed by atoms with Gasteiger partial charge in [0.1, 0.15) is 9.71 Å². The number of aromatic nitrogens is 1. The molecule has 0 fully saturated rings. The highest BCUT2D eigenvalue weighted by Gasteiger charge is 2.22. The summed E-state index contributed by atoms with van der Waals surface area (Å²) in [7, 11) is 0. The Bertz CT molecular complexity index is 1150. The Morgan fingerprint density at radius 1 is 1.21 bits per heavy atom. The van der Waals surface area contributed by atoms with Crippen molar-refractivity contribution in [2.75, 3.05) is 5.73 Å². The van der Waals surface area contributed by atoms with Crippen LogP contribution >= 0.6 is 34.3 Å². The summed E-state index contributed by atoms with van der Waals surface area (Å²) in [6.45, 7) is 3.85. The van der Waals surface area contributed by atoms with Gasteiger partial charge in [0.15, 0.2) is 0 Å². The average Bonchev–Trinajstić information content (AvgIpc) is 3.30. The van der Waals surface area contributed by atoms with Crippen molar-refractivity contribution in [2.45, 2.75) is 19.9 Å². The van der Waals surface area contributed by atoms with Crippen LogP contribution in [-0.4, -0.2) is 16.9 Å². The number of rotatable bonds is 4. The summed E-state index contributed by atoms with van der Waals surface area (Å²) < 4.78 is 0. The number of halogens is 1. The molecule has 4 nitrogen and oxygen atoms in total. The topological polar surface area (TPSA) is 68.0 Å². The molecule has 4 aromatic rings. The first kappa shape index (κ1) is 18.9. The van der Waals surface area contributed by atoms with Crippen LogP contribution in [-0.2, 0) is 0 Å². The predicted octanol–water partition coefficient (Wildman–Crippen LogP) is 6.07. The van der Waals surface area contributed by atoms with Gasteiger partial charge in [0, 0.05) is 16.5 Å². The number of benzene rings is 1. The highest BCUT2D eigenvalue weighted by Crippen LogP contribution is 2.42. The zero-order valence-electron chi connectivity index (χ0n) is 15.3. The van der Waals surface area contributed by atoms with Crippen LogP contribution in [0.25, 0.3) is 31.9 Å². The minimum absolute atomic E-state index is 0.0301. The predicted molar refractivity (Wildman–Crippen MR) is 120 cm³/mol. The van der Waals surface area contributed by atoms with Crippen LogP contribution < -0.4 is 11.1 Å². The third kappa shape index (κ3) is 3.51. The number of fused-ring (bicyclic) bond motifs is 1. The maximum atomic E-state index is 12.6. The van der Waals surface area contributed by atoms with Crippen molar-refractivity contribution in [2.24, 2.45) is 0 Å². The number of nitrogens with zero attached hydrogens (tertiary/aromatic N) is 1. The van der Waals surface area contributed by atoms with Gasteiger partial charge in [-0.2, -0.15) is 0 Å². The van der Waals surface area contributed by atoms with E-state index in [0.717, 1.165) is 31.9 Å². The molecule has 7 heteroatoms. The molecule has 0 aliphatic heterocycles. The molecule has 28 heavy (non-hydrogen) atoms. The van der Waals surface area contributed by atoms with Gasteiger partial charge in [-0.05, 0) is 54.6 Å². The van der Waals surface area contributed by atoms with Gasteiger partial charge in [0.2, 0.25) is 0 Å². The normalized spacial score (nSPS) is 11.3. The maximum absolute atomic E-state index is 12.6. The first-order valence-corrected chi connectivity index (χ1v) is 10.8. The van der Waals surface area contributed by atoms with Gasteiger partial charge < -0.3 is 11.1 Å². The van der Waals surface area contributed by atoms with Crippen molar-refractivity contribution in [3.05, 3.63) is 57.7 Å². The van der Waals surface area contributed by atoms with Crippen LogP contribution in [0.15, 0.2) is 47.8 Å². The van der Waals surface area contributed by atoms with E-state index in [-0.39, 0.29) is 11.9 Å². The number of nitrogen functional groups attached to an aromatic ring is 1. The van der Waals surface area contributed by atoms with E-state index in [9.17, 15) is 4.79 Å². The summed E-state index contributed by atoms with van der Waals surface area (Å²) in [6.07, 6.45) is 0. The Balaban J connectivity index is 1.97. The van der Waals surface area contributed by atoms with Crippen LogP contribution in [0, 0.1) is 0 Å². The van der Waals surface area contributed by atoms with E-state index in [1.165, 1.54) is 11.3 Å². The van der Waals surface area contributed by atoms with Gasteiger partial charge in [0.25, 0.3) is 5.91 Å². The number of nitrogens with one attached hydrogen (secondary N) is 1. The van der Waals surface area contributed by atoms with E-state index in [0.29, 0.717) is 15.6 Å². The second-order valence-electron chi connectivity index (χ2n) is 6.69. The number of hydrogen-bond donors (Lipinski definition) is 2. The first-order chi connectivity index (χ1) is 13.4. The first-order valence-electron chi connectivity index (χ1n) is 8.77. The van der Waals surface area contributed by atoms with E-state index in [4.69, 9.17) is 22.3 Å². The molecule has 1 aromatic carbocycles. The molecule has 0 saturated heterocycles. The van der Waals surface area contributed by atoms with Crippen molar-refractivity contribution in [1.29, 1.82) is 0 Å². The van der Waals surface area contributed by atoms with Crippen molar-refractivity contribution in [1.82, 2.24) is 10.3 Å². The van der Waals surface area contributed by atoms with E-state index < -0.39 is 0 Å². The molecule has 142 valence electrons. The highest BCUT2D eigenvalue weighted by atomic mass is 35.5. The summed E-state index contributed by atoms with van der Waals surface area (Å²) in [6, 6.07) is 13.7. The molecule has 0 unspecified atom stereocenters. The summed E-state index contributed by atoms with van der Waals surface area (Å²) in [5.41, 5.74) is 9.70. The van der Waals surface area contributed by atoms with Crippen LogP contribution in [0.5, 0.6) is 0 Å². The third-order valence-electron chi connectivity index (χ3n) is 4.25. The number of amides is 1. The minimum atomic E-state index is -0.171. The fourth-order valence-corrected chi connectivity index (χ4v) is 4.86. The Morgan fingerprint density at radius 3 is 2.61 bits per heavy atom. The molecule has 3 aromatic heterocycles. The fraction of sp³-hybridized carbons (Fsp3) is 0.143. The molecular formula is C21H18ClN3OS2. The number of carbonyl (C=O) groups is 1. The molecule has 0 spiro atoms. The lowest BCUT2D eigenvalue weighted by Crippen LogP contribution is -2.29. The number of nitrogens with two attached hydrogens (primary N) is 1. The van der Waals surface area contributed by atoms with E-state index in [1.807, 2.05) is 61.7 Å². The van der Waals surface area contributed by atoms with Gasteiger partial charge in [-0.1, -0.05) is 29.8 Å². The highest BCUT2D eigenvalue weighted by molar-refractivity contribution is 7.21. The quantitative estimate of drug-likeness (QED) is 0.415. The molecular weight excluding hydrogens is 410 g/mol. The zero-order chi connectivity index (χ0) is 19.8. The average molecular weight is 428 g/mol. The van der Waals surface area contributed by atoms with E-state index in [2.05, 4.69) is 5.32 Å². The molecule has 0 aliphatic rings. The monoisotopic (exact) mass is 427 g/mol. The second kappa shape index (κ2) is 7.54. The Labute approximate surface area is 176 Å². The van der Waals surface area contributed by atoms with Gasteiger partial charge >= 0.3 is 0 Å². The lowest BCUT2D eigenvalue weighted by atomic mass is 10.0. The zero-order valence-corrected chi connectivity index (χ0v) is 17.7. The van der Waals surface area contributed by atoms with Crippen LogP contribution in [0.2, 0.25) is 5.02 Å². The maximum Gasteiger partial charge on any atom is 0.263 e.